The van der Waals surface area contributed by atoms with E-state index in [0.717, 1.165) is 67.6 Å². The second kappa shape index (κ2) is 10.7. The minimum absolute atomic E-state index is 0.0121. The van der Waals surface area contributed by atoms with Crippen LogP contribution in [0, 0.1) is 5.92 Å². The molecule has 1 N–H and O–H groups in total. The van der Waals surface area contributed by atoms with Gasteiger partial charge in [-0.15, -0.1) is 0 Å². The Balaban J connectivity index is 1.11. The number of nitrogens with zero attached hydrogens (tertiary/aromatic N) is 3. The van der Waals surface area contributed by atoms with Crippen LogP contribution < -0.4 is 5.32 Å². The average molecular weight is 491 g/mol. The topological polar surface area (TPSA) is 84.8 Å². The number of thioether (sulfide) groups is 1. The lowest BCUT2D eigenvalue weighted by atomic mass is 9.84. The Kier molecular flexibility index (Phi) is 7.27. The van der Waals surface area contributed by atoms with Crippen LogP contribution in [0.15, 0.2) is 52.2 Å². The molecule has 2 aliphatic rings. The average Bonchev–Trinajstić information content (AvgIpc) is 3.49. The predicted octanol–water partition coefficient (Wildman–Crippen LogP) is 5.06. The smallest absolute Gasteiger partial charge is 0.201 e. The van der Waals surface area contributed by atoms with Crippen LogP contribution in [-0.4, -0.2) is 31.9 Å². The lowest BCUT2D eigenvalue weighted by Gasteiger charge is -2.29. The van der Waals surface area contributed by atoms with Gasteiger partial charge in [0.05, 0.1) is 28.4 Å². The van der Waals surface area contributed by atoms with Crippen molar-refractivity contribution in [3.05, 3.63) is 69.4 Å². The third-order valence-corrected chi connectivity index (χ3v) is 7.94. The highest BCUT2D eigenvalue weighted by Crippen LogP contribution is 2.31. The number of hydrogen-bond acceptors (Lipinski definition) is 8. The molecule has 0 amide bonds. The maximum atomic E-state index is 11.9. The van der Waals surface area contributed by atoms with Crippen LogP contribution in [-0.2, 0) is 22.6 Å². The third-order valence-electron chi connectivity index (χ3n) is 6.32. The number of carbonyl (C=O) groups is 2. The maximum Gasteiger partial charge on any atom is 0.201 e. The summed E-state index contributed by atoms with van der Waals surface area (Å²) in [6.07, 6.45) is 8.82. The van der Waals surface area contributed by atoms with Crippen molar-refractivity contribution in [1.82, 2.24) is 20.3 Å². The number of ketones is 1. The van der Waals surface area contributed by atoms with E-state index in [1.54, 1.807) is 29.7 Å². The maximum absolute atomic E-state index is 11.9. The highest BCUT2D eigenvalue weighted by molar-refractivity contribution is 8.18. The van der Waals surface area contributed by atoms with Gasteiger partial charge in [-0.25, -0.2) is 9.97 Å². The number of allylic oxidation sites excluding steroid dienone is 1. The molecular formula is C26H26N4O2S2. The second-order valence-electron chi connectivity index (χ2n) is 8.81. The highest BCUT2D eigenvalue weighted by atomic mass is 32.2. The number of hydrogen-bond donors (Lipinski definition) is 1. The Morgan fingerprint density at radius 3 is 2.71 bits per heavy atom. The van der Waals surface area contributed by atoms with Crippen molar-refractivity contribution in [3.63, 3.8) is 0 Å². The summed E-state index contributed by atoms with van der Waals surface area (Å²) in [5.41, 5.74) is 3.98. The normalized spacial score (nSPS) is 21.9. The number of Topliss-reactive ketones (excluding diaryl/α,β-unsaturated/α-hetero) is 1. The summed E-state index contributed by atoms with van der Waals surface area (Å²) in [7, 11) is 0. The van der Waals surface area contributed by atoms with E-state index < -0.39 is 0 Å². The van der Waals surface area contributed by atoms with E-state index in [4.69, 9.17) is 4.98 Å². The molecule has 1 aliphatic carbocycles. The molecule has 8 heteroatoms. The van der Waals surface area contributed by atoms with Gasteiger partial charge in [0.15, 0.2) is 5.78 Å². The Morgan fingerprint density at radius 1 is 1.06 bits per heavy atom. The molecule has 5 rings (SSSR count). The summed E-state index contributed by atoms with van der Waals surface area (Å²) in [6, 6.07) is 10.6. The molecule has 34 heavy (non-hydrogen) atoms. The van der Waals surface area contributed by atoms with Crippen molar-refractivity contribution >= 4 is 40.1 Å². The number of thiophene rings is 1. The molecule has 0 bridgehead atoms. The first-order valence-corrected chi connectivity index (χ1v) is 13.4. The van der Waals surface area contributed by atoms with Gasteiger partial charge in [0, 0.05) is 36.1 Å². The van der Waals surface area contributed by atoms with E-state index in [9.17, 15) is 9.59 Å². The van der Waals surface area contributed by atoms with Gasteiger partial charge in [0.1, 0.15) is 5.82 Å². The van der Waals surface area contributed by atoms with Crippen molar-refractivity contribution in [2.45, 2.75) is 51.1 Å². The Hall–Kier alpha value is -2.68. The fraction of sp³-hybridized carbons (Fsp3) is 0.346. The lowest BCUT2D eigenvalue weighted by Crippen LogP contribution is -2.33. The third kappa shape index (κ3) is 5.87. The van der Waals surface area contributed by atoms with E-state index in [0.29, 0.717) is 22.6 Å². The van der Waals surface area contributed by atoms with Gasteiger partial charge in [-0.05, 0) is 79.1 Å². The van der Waals surface area contributed by atoms with Crippen molar-refractivity contribution in [1.29, 1.82) is 0 Å². The van der Waals surface area contributed by atoms with Crippen LogP contribution in [0.2, 0.25) is 0 Å². The number of pyridine rings is 1. The van der Waals surface area contributed by atoms with Crippen LogP contribution in [0.25, 0.3) is 17.3 Å². The minimum Gasteiger partial charge on any atom is -0.308 e. The van der Waals surface area contributed by atoms with Crippen LogP contribution in [0.1, 0.15) is 49.3 Å². The molecule has 0 aromatic carbocycles. The highest BCUT2D eigenvalue weighted by Gasteiger charge is 2.26. The summed E-state index contributed by atoms with van der Waals surface area (Å²) < 4.78 is 0. The molecule has 0 atom stereocenters. The van der Waals surface area contributed by atoms with Crippen molar-refractivity contribution in [2.24, 2.45) is 5.92 Å². The molecule has 3 aromatic rings. The molecule has 0 unspecified atom stereocenters. The molecular weight excluding hydrogens is 464 g/mol. The Bertz CT molecular complexity index is 1200. The molecule has 0 spiro atoms. The summed E-state index contributed by atoms with van der Waals surface area (Å²) >= 11 is 2.71. The van der Waals surface area contributed by atoms with Gasteiger partial charge < -0.3 is 5.32 Å². The molecule has 3 aromatic heterocycles. The van der Waals surface area contributed by atoms with Crippen LogP contribution in [0.5, 0.6) is 0 Å². The first-order chi connectivity index (χ1) is 16.6. The van der Waals surface area contributed by atoms with Gasteiger partial charge in [-0.1, -0.05) is 6.07 Å². The zero-order valence-electron chi connectivity index (χ0n) is 18.8. The van der Waals surface area contributed by atoms with E-state index in [1.807, 2.05) is 0 Å². The second-order valence-corrected chi connectivity index (χ2v) is 10.7. The standard InChI is InChI=1S/C26H26N4O2S2/c31-23-14-26(32)34-24(23)13-20-8-10-27-25(30-20)12-17-4-6-19(7-5-17)28-15-21-2-1-3-22(29-21)18-9-11-33-16-18/h1-3,8-11,13,16-17,19,28H,4-7,12,14-15H2/b24-13-. The first kappa shape index (κ1) is 23.1. The molecule has 1 saturated heterocycles. The number of carbonyl (C=O) groups excluding carboxylic acids is 2. The largest absolute Gasteiger partial charge is 0.308 e. The van der Waals surface area contributed by atoms with Crippen LogP contribution >= 0.6 is 23.1 Å². The molecule has 1 aliphatic heterocycles. The molecule has 0 radical (unpaired) electrons. The first-order valence-electron chi connectivity index (χ1n) is 11.6. The number of nitrogens with one attached hydrogen (secondary N) is 1. The molecule has 6 nitrogen and oxygen atoms in total. The Morgan fingerprint density at radius 2 is 1.94 bits per heavy atom. The van der Waals surface area contributed by atoms with E-state index in [2.05, 4.69) is 50.3 Å². The molecule has 4 heterocycles. The zero-order chi connectivity index (χ0) is 23.3. The van der Waals surface area contributed by atoms with Crippen LogP contribution in [0.3, 0.4) is 0 Å². The van der Waals surface area contributed by atoms with Crippen molar-refractivity contribution < 1.29 is 9.59 Å². The lowest BCUT2D eigenvalue weighted by molar-refractivity contribution is -0.119. The number of rotatable bonds is 7. The van der Waals surface area contributed by atoms with Gasteiger partial charge in [-0.2, -0.15) is 11.3 Å². The van der Waals surface area contributed by atoms with Gasteiger partial charge in [0.25, 0.3) is 0 Å². The van der Waals surface area contributed by atoms with E-state index >= 15 is 0 Å². The van der Waals surface area contributed by atoms with E-state index in [1.165, 1.54) is 5.56 Å². The van der Waals surface area contributed by atoms with Gasteiger partial charge in [-0.3, -0.25) is 14.6 Å². The quantitative estimate of drug-likeness (QED) is 0.366. The SMILES string of the molecule is O=C1CC(=O)/C(=C/c2ccnc(CC3CCC(NCc4cccc(-c5ccsc5)n4)CC3)n2)S1. The van der Waals surface area contributed by atoms with Crippen molar-refractivity contribution in [2.75, 3.05) is 0 Å². The van der Waals surface area contributed by atoms with E-state index in [-0.39, 0.29) is 17.3 Å². The minimum atomic E-state index is -0.116. The summed E-state index contributed by atoms with van der Waals surface area (Å²) in [4.78, 5) is 37.7. The zero-order valence-corrected chi connectivity index (χ0v) is 20.4. The fourth-order valence-corrected chi connectivity index (χ4v) is 5.96. The summed E-state index contributed by atoms with van der Waals surface area (Å²) in [6.45, 7) is 0.784. The van der Waals surface area contributed by atoms with Gasteiger partial charge >= 0.3 is 0 Å². The summed E-state index contributed by atoms with van der Waals surface area (Å²) in [5, 5.41) is 7.81. The van der Waals surface area contributed by atoms with Crippen molar-refractivity contribution in [3.8, 4) is 11.3 Å². The molecule has 2 fully saturated rings. The number of aromatic nitrogens is 3. The Labute approximate surface area is 207 Å². The van der Waals surface area contributed by atoms with Gasteiger partial charge in [0.2, 0.25) is 5.12 Å². The monoisotopic (exact) mass is 490 g/mol. The molecule has 174 valence electrons. The van der Waals surface area contributed by atoms with Crippen LogP contribution in [0.4, 0.5) is 0 Å². The molecule has 1 saturated carbocycles. The predicted molar refractivity (Wildman–Crippen MR) is 136 cm³/mol. The fourth-order valence-electron chi connectivity index (χ4n) is 4.50. The summed E-state index contributed by atoms with van der Waals surface area (Å²) in [5.74, 6) is 1.25.